The maximum Gasteiger partial charge on any atom is 0.319 e. The summed E-state index contributed by atoms with van der Waals surface area (Å²) in [5.74, 6) is 0.220. The fourth-order valence-corrected chi connectivity index (χ4v) is 4.13. The topological polar surface area (TPSA) is 101 Å². The van der Waals surface area contributed by atoms with E-state index in [1.807, 2.05) is 19.1 Å². The van der Waals surface area contributed by atoms with Crippen molar-refractivity contribution < 1.29 is 13.2 Å². The van der Waals surface area contributed by atoms with Gasteiger partial charge in [0.05, 0.1) is 11.0 Å². The fraction of sp³-hybridized carbons (Fsp3) is 0.500. The van der Waals surface area contributed by atoms with E-state index in [4.69, 9.17) is 5.73 Å². The summed E-state index contributed by atoms with van der Waals surface area (Å²) in [6.07, 6.45) is 1.29. The molecule has 0 saturated carbocycles. The third kappa shape index (κ3) is 4.18. The van der Waals surface area contributed by atoms with Crippen molar-refractivity contribution in [2.45, 2.75) is 31.1 Å². The van der Waals surface area contributed by atoms with E-state index >= 15 is 0 Å². The van der Waals surface area contributed by atoms with Crippen molar-refractivity contribution in [2.75, 3.05) is 17.6 Å². The molecular formula is C14H21N3O3S. The maximum absolute atomic E-state index is 11.8. The van der Waals surface area contributed by atoms with Crippen molar-refractivity contribution in [3.63, 3.8) is 0 Å². The number of sulfone groups is 1. The van der Waals surface area contributed by atoms with E-state index in [-0.39, 0.29) is 18.3 Å². The zero-order chi connectivity index (χ0) is 15.5. The zero-order valence-corrected chi connectivity index (χ0v) is 12.8. The number of hydrogen-bond donors (Lipinski definition) is 3. The molecular weight excluding hydrogens is 290 g/mol. The molecule has 1 heterocycles. The summed E-state index contributed by atoms with van der Waals surface area (Å²) >= 11 is 0. The number of anilines is 1. The minimum absolute atomic E-state index is 0.113. The van der Waals surface area contributed by atoms with Crippen LogP contribution in [0, 0.1) is 0 Å². The predicted molar refractivity (Wildman–Crippen MR) is 82.9 cm³/mol. The third-order valence-electron chi connectivity index (χ3n) is 3.62. The average Bonchev–Trinajstić information content (AvgIpc) is 2.75. The van der Waals surface area contributed by atoms with E-state index in [2.05, 4.69) is 10.6 Å². The molecule has 2 atom stereocenters. The molecule has 2 amide bonds. The van der Waals surface area contributed by atoms with Gasteiger partial charge in [-0.05, 0) is 37.5 Å². The zero-order valence-electron chi connectivity index (χ0n) is 12.0. The molecule has 0 spiro atoms. The number of urea groups is 1. The molecule has 1 aromatic carbocycles. The minimum atomic E-state index is -3.03. The molecule has 2 rings (SSSR count). The highest BCUT2D eigenvalue weighted by Gasteiger charge is 2.31. The minimum Gasteiger partial charge on any atom is -0.337 e. The molecule has 1 aromatic rings. The van der Waals surface area contributed by atoms with Crippen LogP contribution in [0.1, 0.15) is 31.4 Å². The van der Waals surface area contributed by atoms with E-state index in [1.165, 1.54) is 0 Å². The van der Waals surface area contributed by atoms with Crippen LogP contribution in [-0.2, 0) is 9.84 Å². The Morgan fingerprint density at radius 1 is 1.48 bits per heavy atom. The van der Waals surface area contributed by atoms with Crippen molar-refractivity contribution in [2.24, 2.45) is 5.73 Å². The molecule has 4 N–H and O–H groups in total. The monoisotopic (exact) mass is 311 g/mol. The molecule has 1 saturated heterocycles. The number of nitrogens with one attached hydrogen (secondary N) is 2. The lowest BCUT2D eigenvalue weighted by Crippen LogP contribution is -2.37. The van der Waals surface area contributed by atoms with Gasteiger partial charge in [-0.3, -0.25) is 0 Å². The van der Waals surface area contributed by atoms with Crippen LogP contribution in [0.2, 0.25) is 0 Å². The van der Waals surface area contributed by atoms with E-state index in [1.54, 1.807) is 12.1 Å². The Kier molecular flexibility index (Phi) is 4.84. The van der Waals surface area contributed by atoms with Gasteiger partial charge in [-0.15, -0.1) is 0 Å². The van der Waals surface area contributed by atoms with Gasteiger partial charge in [0.1, 0.15) is 0 Å². The van der Waals surface area contributed by atoms with Gasteiger partial charge in [0.15, 0.2) is 9.84 Å². The summed E-state index contributed by atoms with van der Waals surface area (Å²) in [5.41, 5.74) is 7.35. The van der Waals surface area contributed by atoms with Gasteiger partial charge in [0, 0.05) is 18.3 Å². The van der Waals surface area contributed by atoms with E-state index in [9.17, 15) is 13.2 Å². The highest BCUT2D eigenvalue weighted by atomic mass is 32.2. The Balaban J connectivity index is 1.89. The Morgan fingerprint density at radius 2 is 2.24 bits per heavy atom. The first-order chi connectivity index (χ1) is 9.88. The van der Waals surface area contributed by atoms with Crippen LogP contribution in [0.25, 0.3) is 0 Å². The molecule has 6 nitrogen and oxygen atoms in total. The first kappa shape index (κ1) is 15.8. The van der Waals surface area contributed by atoms with Crippen LogP contribution >= 0.6 is 0 Å². The van der Waals surface area contributed by atoms with E-state index < -0.39 is 21.1 Å². The lowest BCUT2D eigenvalue weighted by atomic mass is 10.1. The SMILES string of the molecule is CC(N)c1cccc(NC(=O)NCC2CCCS2(=O)=O)c1. The summed E-state index contributed by atoms with van der Waals surface area (Å²) < 4.78 is 23.3. The molecule has 1 fully saturated rings. The van der Waals surface area contributed by atoms with E-state index in [0.717, 1.165) is 5.56 Å². The molecule has 0 bridgehead atoms. The third-order valence-corrected chi connectivity index (χ3v) is 5.90. The summed E-state index contributed by atoms with van der Waals surface area (Å²) in [7, 11) is -3.03. The number of rotatable bonds is 4. The quantitative estimate of drug-likeness (QED) is 0.782. The summed E-state index contributed by atoms with van der Waals surface area (Å²) in [5, 5.41) is 4.85. The van der Waals surface area contributed by atoms with Crippen molar-refractivity contribution in [3.05, 3.63) is 29.8 Å². The van der Waals surface area contributed by atoms with Gasteiger partial charge in [-0.2, -0.15) is 0 Å². The molecule has 7 heteroatoms. The van der Waals surface area contributed by atoms with Gasteiger partial charge in [-0.1, -0.05) is 12.1 Å². The second-order valence-corrected chi connectivity index (χ2v) is 7.78. The van der Waals surface area contributed by atoms with E-state index in [0.29, 0.717) is 18.5 Å². The highest BCUT2D eigenvalue weighted by molar-refractivity contribution is 7.92. The second kappa shape index (κ2) is 6.44. The Hall–Kier alpha value is -1.60. The van der Waals surface area contributed by atoms with Crippen LogP contribution in [0.15, 0.2) is 24.3 Å². The Bertz CT molecular complexity index is 614. The number of hydrogen-bond acceptors (Lipinski definition) is 4. The largest absolute Gasteiger partial charge is 0.337 e. The van der Waals surface area contributed by atoms with Gasteiger partial charge >= 0.3 is 6.03 Å². The fourth-order valence-electron chi connectivity index (χ4n) is 2.37. The van der Waals surface area contributed by atoms with Crippen LogP contribution in [0.3, 0.4) is 0 Å². The lowest BCUT2D eigenvalue weighted by Gasteiger charge is -2.13. The van der Waals surface area contributed by atoms with Crippen LogP contribution in [-0.4, -0.2) is 32.0 Å². The predicted octanol–water partition coefficient (Wildman–Crippen LogP) is 1.41. The number of benzene rings is 1. The number of carbonyl (C=O) groups is 1. The van der Waals surface area contributed by atoms with Crippen molar-refractivity contribution in [3.8, 4) is 0 Å². The average molecular weight is 311 g/mol. The summed E-state index contributed by atoms with van der Waals surface area (Å²) in [6, 6.07) is 6.75. The Labute approximate surface area is 125 Å². The standard InChI is InChI=1S/C14H21N3O3S/c1-10(15)11-4-2-5-12(8-11)17-14(18)16-9-13-6-3-7-21(13,19)20/h2,4-5,8,10,13H,3,6-7,9,15H2,1H3,(H2,16,17,18). The number of amides is 2. The summed E-state index contributed by atoms with van der Waals surface area (Å²) in [4.78, 5) is 11.8. The Morgan fingerprint density at radius 3 is 2.86 bits per heavy atom. The molecule has 1 aliphatic heterocycles. The molecule has 0 aliphatic carbocycles. The van der Waals surface area contributed by atoms with Gasteiger partial charge < -0.3 is 16.4 Å². The maximum atomic E-state index is 11.8. The normalized spacial score (nSPS) is 21.7. The van der Waals surface area contributed by atoms with Crippen LogP contribution in [0.4, 0.5) is 10.5 Å². The number of carbonyl (C=O) groups excluding carboxylic acids is 1. The second-order valence-electron chi connectivity index (χ2n) is 5.38. The highest BCUT2D eigenvalue weighted by Crippen LogP contribution is 2.19. The van der Waals surface area contributed by atoms with Crippen molar-refractivity contribution >= 4 is 21.6 Å². The van der Waals surface area contributed by atoms with Crippen LogP contribution in [0.5, 0.6) is 0 Å². The van der Waals surface area contributed by atoms with Gasteiger partial charge in [0.2, 0.25) is 0 Å². The molecule has 21 heavy (non-hydrogen) atoms. The number of nitrogens with two attached hydrogens (primary N) is 1. The van der Waals surface area contributed by atoms with Crippen molar-refractivity contribution in [1.82, 2.24) is 5.32 Å². The van der Waals surface area contributed by atoms with Crippen LogP contribution < -0.4 is 16.4 Å². The molecule has 1 aliphatic rings. The molecule has 116 valence electrons. The molecule has 0 radical (unpaired) electrons. The lowest BCUT2D eigenvalue weighted by molar-refractivity contribution is 0.252. The first-order valence-electron chi connectivity index (χ1n) is 7.00. The molecule has 2 unspecified atom stereocenters. The van der Waals surface area contributed by atoms with Gasteiger partial charge in [0.25, 0.3) is 0 Å². The first-order valence-corrected chi connectivity index (χ1v) is 8.72. The van der Waals surface area contributed by atoms with Gasteiger partial charge in [-0.25, -0.2) is 13.2 Å². The molecule has 0 aromatic heterocycles. The smallest absolute Gasteiger partial charge is 0.319 e. The van der Waals surface area contributed by atoms with Crippen molar-refractivity contribution in [1.29, 1.82) is 0 Å². The summed E-state index contributed by atoms with van der Waals surface area (Å²) in [6.45, 7) is 2.02.